The Bertz CT molecular complexity index is 1050. The second kappa shape index (κ2) is 5.78. The molecule has 2 aromatic carbocycles. The molecule has 4 rings (SSSR count). The number of benzene rings is 2. The molecule has 0 spiro atoms. The molecule has 0 saturated carbocycles. The molecule has 118 valence electrons. The lowest BCUT2D eigenvalue weighted by molar-refractivity contribution is 0.455. The van der Waals surface area contributed by atoms with E-state index in [9.17, 15) is 9.90 Å². The van der Waals surface area contributed by atoms with Gasteiger partial charge >= 0.3 is 4.87 Å². The number of H-pyrrole nitrogens is 1. The van der Waals surface area contributed by atoms with Crippen molar-refractivity contribution in [2.45, 2.75) is 0 Å². The van der Waals surface area contributed by atoms with Gasteiger partial charge in [-0.25, -0.2) is 4.99 Å². The molecule has 1 aromatic heterocycles. The first-order valence-corrected chi connectivity index (χ1v) is 8.39. The molecule has 0 saturated heterocycles. The minimum absolute atomic E-state index is 0.139. The van der Waals surface area contributed by atoms with Gasteiger partial charge < -0.3 is 5.11 Å². The number of nitrogens with one attached hydrogen (secondary N) is 1. The van der Waals surface area contributed by atoms with Gasteiger partial charge in [0, 0.05) is 21.7 Å². The first-order valence-electron chi connectivity index (χ1n) is 7.20. The summed E-state index contributed by atoms with van der Waals surface area (Å²) in [4.78, 5) is 18.7. The molecule has 0 bridgehead atoms. The maximum atomic E-state index is 11.5. The van der Waals surface area contributed by atoms with E-state index in [-0.39, 0.29) is 10.8 Å². The van der Waals surface area contributed by atoms with E-state index in [0.717, 1.165) is 39.4 Å². The number of allylic oxidation sites excluding steroid dienone is 1. The average Bonchev–Trinajstić information content (AvgIpc) is 3.08. The summed E-state index contributed by atoms with van der Waals surface area (Å²) >= 11 is 7.09. The van der Waals surface area contributed by atoms with Crippen molar-refractivity contribution < 1.29 is 5.11 Å². The van der Waals surface area contributed by atoms with Crippen LogP contribution in [0.25, 0.3) is 11.6 Å². The number of rotatable bonds is 2. The first-order chi connectivity index (χ1) is 11.6. The van der Waals surface area contributed by atoms with Crippen molar-refractivity contribution in [2.24, 2.45) is 4.99 Å². The molecular formula is C18H11ClN2O2S. The molecule has 0 aliphatic carbocycles. The van der Waals surface area contributed by atoms with Gasteiger partial charge in [-0.3, -0.25) is 9.78 Å². The highest BCUT2D eigenvalue weighted by Crippen LogP contribution is 2.40. The quantitative estimate of drug-likeness (QED) is 0.713. The summed E-state index contributed by atoms with van der Waals surface area (Å²) in [6.45, 7) is 0. The van der Waals surface area contributed by atoms with Crippen LogP contribution in [0.4, 0.5) is 5.69 Å². The topological polar surface area (TPSA) is 65.5 Å². The molecule has 24 heavy (non-hydrogen) atoms. The summed E-state index contributed by atoms with van der Waals surface area (Å²) in [5, 5.41) is 10.5. The van der Waals surface area contributed by atoms with Gasteiger partial charge in [-0.1, -0.05) is 53.3 Å². The number of fused-ring (bicyclic) bond motifs is 1. The minimum atomic E-state index is -0.304. The Morgan fingerprint density at radius 3 is 2.67 bits per heavy atom. The number of aliphatic imine (C=N–C) groups is 1. The standard InChI is InChI=1S/C18H11ClN2O2S/c19-11-6-7-14-12(8-11)13(9-15-17(22)21-18(23)24-15)16(20-14)10-4-2-1-3-5-10/h1-9,22H,(H,21,23)/b13-9-. The Labute approximate surface area is 146 Å². The molecule has 1 aliphatic rings. The Kier molecular flexibility index (Phi) is 3.59. The molecule has 6 heteroatoms. The molecule has 1 aliphatic heterocycles. The normalized spacial score (nSPS) is 14.7. The fraction of sp³-hybridized carbons (Fsp3) is 0. The summed E-state index contributed by atoms with van der Waals surface area (Å²) in [5.74, 6) is -0.139. The number of nitrogens with zero attached hydrogens (tertiary/aromatic N) is 1. The van der Waals surface area contributed by atoms with Gasteiger partial charge in [-0.05, 0) is 24.3 Å². The number of aromatic hydroxyl groups is 1. The third kappa shape index (κ3) is 2.58. The van der Waals surface area contributed by atoms with E-state index < -0.39 is 0 Å². The van der Waals surface area contributed by atoms with Crippen LogP contribution >= 0.6 is 22.9 Å². The van der Waals surface area contributed by atoms with E-state index in [1.54, 1.807) is 12.1 Å². The van der Waals surface area contributed by atoms with E-state index in [4.69, 9.17) is 16.6 Å². The van der Waals surface area contributed by atoms with Gasteiger partial charge in [0.15, 0.2) is 0 Å². The molecule has 0 unspecified atom stereocenters. The molecular weight excluding hydrogens is 344 g/mol. The third-order valence-electron chi connectivity index (χ3n) is 3.72. The third-order valence-corrected chi connectivity index (χ3v) is 4.77. The van der Waals surface area contributed by atoms with Crippen LogP contribution in [-0.4, -0.2) is 15.8 Å². The highest BCUT2D eigenvalue weighted by Gasteiger charge is 2.23. The van der Waals surface area contributed by atoms with Crippen LogP contribution < -0.4 is 4.87 Å². The smallest absolute Gasteiger partial charge is 0.307 e. The molecule has 2 N–H and O–H groups in total. The number of thiazole rings is 1. The Morgan fingerprint density at radius 1 is 1.17 bits per heavy atom. The van der Waals surface area contributed by atoms with Gasteiger partial charge in [0.25, 0.3) is 0 Å². The van der Waals surface area contributed by atoms with E-state index in [1.807, 2.05) is 42.5 Å². The Morgan fingerprint density at radius 2 is 1.96 bits per heavy atom. The molecule has 4 nitrogen and oxygen atoms in total. The van der Waals surface area contributed by atoms with Crippen molar-refractivity contribution in [2.75, 3.05) is 0 Å². The lowest BCUT2D eigenvalue weighted by Crippen LogP contribution is -1.99. The number of hydrogen-bond acceptors (Lipinski definition) is 4. The predicted octanol–water partition coefficient (Wildman–Crippen LogP) is 4.47. The molecule has 2 heterocycles. The molecule has 0 fully saturated rings. The Balaban J connectivity index is 1.94. The van der Waals surface area contributed by atoms with Crippen LogP contribution in [0.3, 0.4) is 0 Å². The second-order valence-corrected chi connectivity index (χ2v) is 6.72. The van der Waals surface area contributed by atoms with Crippen LogP contribution in [0.1, 0.15) is 16.0 Å². The van der Waals surface area contributed by atoms with Crippen LogP contribution in [0, 0.1) is 0 Å². The molecule has 0 atom stereocenters. The summed E-state index contributed by atoms with van der Waals surface area (Å²) in [5.41, 5.74) is 4.25. The largest absolute Gasteiger partial charge is 0.493 e. The van der Waals surface area contributed by atoms with Gasteiger partial charge in [-0.15, -0.1) is 0 Å². The fourth-order valence-corrected chi connectivity index (χ4v) is 3.50. The molecule has 0 radical (unpaired) electrons. The van der Waals surface area contributed by atoms with Crippen molar-refractivity contribution in [1.82, 2.24) is 4.98 Å². The van der Waals surface area contributed by atoms with Crippen LogP contribution in [0.15, 0.2) is 58.3 Å². The van der Waals surface area contributed by atoms with E-state index >= 15 is 0 Å². The molecule has 0 amide bonds. The maximum absolute atomic E-state index is 11.5. The summed E-state index contributed by atoms with van der Waals surface area (Å²) in [6, 6.07) is 15.3. The highest BCUT2D eigenvalue weighted by molar-refractivity contribution is 7.10. The van der Waals surface area contributed by atoms with Gasteiger partial charge in [-0.2, -0.15) is 0 Å². The van der Waals surface area contributed by atoms with Crippen LogP contribution in [0.2, 0.25) is 5.02 Å². The van der Waals surface area contributed by atoms with E-state index in [1.165, 1.54) is 0 Å². The van der Waals surface area contributed by atoms with Crippen molar-refractivity contribution in [3.8, 4) is 5.88 Å². The number of aromatic nitrogens is 1. The first kappa shape index (κ1) is 14.9. The zero-order chi connectivity index (χ0) is 16.7. The van der Waals surface area contributed by atoms with Gasteiger partial charge in [0.05, 0.1) is 16.3 Å². The minimum Gasteiger partial charge on any atom is -0.493 e. The van der Waals surface area contributed by atoms with Gasteiger partial charge in [0.1, 0.15) is 0 Å². The fourth-order valence-electron chi connectivity index (χ4n) is 2.65. The number of halogens is 1. The monoisotopic (exact) mass is 354 g/mol. The SMILES string of the molecule is O=c1[nH]c(O)c(/C=C2\C(c3ccccc3)=Nc3ccc(Cl)cc32)s1. The average molecular weight is 355 g/mol. The molecule has 3 aromatic rings. The van der Waals surface area contributed by atoms with E-state index in [0.29, 0.717) is 9.90 Å². The zero-order valence-electron chi connectivity index (χ0n) is 12.3. The summed E-state index contributed by atoms with van der Waals surface area (Å²) in [7, 11) is 0. The lowest BCUT2D eigenvalue weighted by Gasteiger charge is -2.05. The predicted molar refractivity (Wildman–Crippen MR) is 98.6 cm³/mol. The Hall–Kier alpha value is -2.63. The van der Waals surface area contributed by atoms with Crippen molar-refractivity contribution >= 4 is 46.0 Å². The van der Waals surface area contributed by atoms with Crippen molar-refractivity contribution in [3.05, 3.63) is 79.2 Å². The van der Waals surface area contributed by atoms with Crippen molar-refractivity contribution in [1.29, 1.82) is 0 Å². The van der Waals surface area contributed by atoms with Crippen molar-refractivity contribution in [3.63, 3.8) is 0 Å². The number of hydrogen-bond donors (Lipinski definition) is 2. The summed E-state index contributed by atoms with van der Waals surface area (Å²) < 4.78 is 0. The van der Waals surface area contributed by atoms with Crippen LogP contribution in [0.5, 0.6) is 5.88 Å². The highest BCUT2D eigenvalue weighted by atomic mass is 35.5. The number of aromatic amines is 1. The van der Waals surface area contributed by atoms with Gasteiger partial charge in [0.2, 0.25) is 5.88 Å². The lowest BCUT2D eigenvalue weighted by atomic mass is 9.97. The zero-order valence-corrected chi connectivity index (χ0v) is 13.9. The van der Waals surface area contributed by atoms with E-state index in [2.05, 4.69) is 4.98 Å². The maximum Gasteiger partial charge on any atom is 0.307 e. The van der Waals surface area contributed by atoms with Crippen LogP contribution in [-0.2, 0) is 0 Å². The summed E-state index contributed by atoms with van der Waals surface area (Å²) in [6.07, 6.45) is 1.77. The second-order valence-electron chi connectivity index (χ2n) is 5.27.